The summed E-state index contributed by atoms with van der Waals surface area (Å²) < 4.78 is 0. The lowest BCUT2D eigenvalue weighted by Gasteiger charge is -2.04. The number of allylic oxidation sites excluding steroid dienone is 3. The monoisotopic (exact) mass is 210 g/mol. The van der Waals surface area contributed by atoms with E-state index in [0.29, 0.717) is 0 Å². The molecular weight excluding hydrogens is 192 g/mol. The number of hydrogen-bond acceptors (Lipinski definition) is 0. The second kappa shape index (κ2) is 4.29. The van der Waals surface area contributed by atoms with E-state index >= 15 is 0 Å². The molecule has 0 N–H and O–H groups in total. The van der Waals surface area contributed by atoms with Crippen molar-refractivity contribution in [1.29, 1.82) is 0 Å². The molecule has 0 heterocycles. The van der Waals surface area contributed by atoms with Gasteiger partial charge >= 0.3 is 0 Å². The van der Waals surface area contributed by atoms with Crippen molar-refractivity contribution in [3.8, 4) is 0 Å². The summed E-state index contributed by atoms with van der Waals surface area (Å²) in [5.74, 6) is 1.91. The molecule has 0 aliphatic heterocycles. The largest absolute Gasteiger partial charge is 0.0628 e. The summed E-state index contributed by atoms with van der Waals surface area (Å²) >= 11 is 0. The highest BCUT2D eigenvalue weighted by Gasteiger charge is 2.43. The highest BCUT2D eigenvalue weighted by atomic mass is 14.5. The fourth-order valence-electron chi connectivity index (χ4n) is 2.95. The maximum absolute atomic E-state index is 2.35. The van der Waals surface area contributed by atoms with E-state index in [2.05, 4.69) is 48.6 Å². The molecule has 0 amide bonds. The van der Waals surface area contributed by atoms with Crippen LogP contribution in [0.25, 0.3) is 6.08 Å². The number of fused-ring (bicyclic) bond motifs is 1. The molecule has 16 heavy (non-hydrogen) atoms. The van der Waals surface area contributed by atoms with Gasteiger partial charge in [0.05, 0.1) is 0 Å². The first-order valence-electron chi connectivity index (χ1n) is 6.38. The fraction of sp³-hybridized carbons (Fsp3) is 0.375. The molecule has 0 bridgehead atoms. The molecule has 0 aromatic heterocycles. The highest BCUT2D eigenvalue weighted by Crippen LogP contribution is 2.54. The van der Waals surface area contributed by atoms with Crippen LogP contribution >= 0.6 is 0 Å². The molecule has 2 unspecified atom stereocenters. The van der Waals surface area contributed by atoms with Crippen molar-refractivity contribution in [2.24, 2.45) is 11.8 Å². The summed E-state index contributed by atoms with van der Waals surface area (Å²) in [6.45, 7) is 0. The summed E-state index contributed by atoms with van der Waals surface area (Å²) in [6.07, 6.45) is 12.6. The van der Waals surface area contributed by atoms with Gasteiger partial charge in [-0.3, -0.25) is 0 Å². The zero-order chi connectivity index (χ0) is 10.8. The van der Waals surface area contributed by atoms with Crippen LogP contribution < -0.4 is 0 Å². The number of hydrogen-bond donors (Lipinski definition) is 0. The Labute approximate surface area is 97.7 Å². The van der Waals surface area contributed by atoms with Crippen molar-refractivity contribution in [3.05, 3.63) is 53.6 Å². The van der Waals surface area contributed by atoms with Gasteiger partial charge in [-0.05, 0) is 30.2 Å². The molecule has 0 nitrogen and oxygen atoms in total. The summed E-state index contributed by atoms with van der Waals surface area (Å²) in [4.78, 5) is 0. The third-order valence-electron chi connectivity index (χ3n) is 3.89. The van der Waals surface area contributed by atoms with Crippen LogP contribution in [0, 0.1) is 11.8 Å². The highest BCUT2D eigenvalue weighted by molar-refractivity contribution is 5.52. The molecule has 3 rings (SSSR count). The van der Waals surface area contributed by atoms with Gasteiger partial charge in [0.25, 0.3) is 0 Å². The van der Waals surface area contributed by atoms with Crippen LogP contribution in [-0.2, 0) is 0 Å². The van der Waals surface area contributed by atoms with Gasteiger partial charge in [0, 0.05) is 0 Å². The molecule has 2 atom stereocenters. The number of rotatable bonds is 2. The minimum absolute atomic E-state index is 0.953. The van der Waals surface area contributed by atoms with E-state index < -0.39 is 0 Å². The van der Waals surface area contributed by atoms with Crippen molar-refractivity contribution in [2.75, 3.05) is 0 Å². The maximum atomic E-state index is 2.35. The van der Waals surface area contributed by atoms with Crippen LogP contribution in [-0.4, -0.2) is 0 Å². The van der Waals surface area contributed by atoms with E-state index in [0.717, 1.165) is 11.8 Å². The molecule has 2 fully saturated rings. The Morgan fingerprint density at radius 2 is 1.62 bits per heavy atom. The molecule has 0 heteroatoms. The fourth-order valence-corrected chi connectivity index (χ4v) is 2.95. The summed E-state index contributed by atoms with van der Waals surface area (Å²) in [7, 11) is 0. The first kappa shape index (κ1) is 9.89. The van der Waals surface area contributed by atoms with E-state index in [9.17, 15) is 0 Å². The quantitative estimate of drug-likeness (QED) is 0.676. The van der Waals surface area contributed by atoms with Crippen molar-refractivity contribution in [2.45, 2.75) is 25.7 Å². The van der Waals surface area contributed by atoms with Gasteiger partial charge in [-0.25, -0.2) is 0 Å². The summed E-state index contributed by atoms with van der Waals surface area (Å²) in [5.41, 5.74) is 3.01. The summed E-state index contributed by atoms with van der Waals surface area (Å²) in [5, 5.41) is 0. The van der Waals surface area contributed by atoms with Gasteiger partial charge in [0.15, 0.2) is 0 Å². The third-order valence-corrected chi connectivity index (χ3v) is 3.89. The van der Waals surface area contributed by atoms with Crippen LogP contribution in [0.1, 0.15) is 31.2 Å². The van der Waals surface area contributed by atoms with Gasteiger partial charge in [0.2, 0.25) is 0 Å². The van der Waals surface area contributed by atoms with E-state index in [4.69, 9.17) is 0 Å². The molecule has 82 valence electrons. The first-order chi connectivity index (χ1) is 7.95. The van der Waals surface area contributed by atoms with Gasteiger partial charge in [-0.1, -0.05) is 67.0 Å². The Kier molecular flexibility index (Phi) is 2.65. The van der Waals surface area contributed by atoms with E-state index in [-0.39, 0.29) is 0 Å². The smallest absolute Gasteiger partial charge is 0.0131 e. The van der Waals surface area contributed by atoms with E-state index in [1.807, 2.05) is 0 Å². The number of benzene rings is 1. The molecule has 1 aromatic rings. The second-order valence-corrected chi connectivity index (χ2v) is 4.93. The van der Waals surface area contributed by atoms with Crippen molar-refractivity contribution >= 4 is 6.08 Å². The van der Waals surface area contributed by atoms with Gasteiger partial charge < -0.3 is 0 Å². The minimum Gasteiger partial charge on any atom is -0.0628 e. The molecule has 0 radical (unpaired) electrons. The second-order valence-electron chi connectivity index (χ2n) is 4.93. The lowest BCUT2D eigenvalue weighted by Crippen LogP contribution is -1.91. The van der Waals surface area contributed by atoms with Crippen LogP contribution in [0.3, 0.4) is 0 Å². The standard InChI is InChI=1S/C16H18/c1-2-7-13(8-3-1)9-6-12-16-14-10-4-5-11-15(14)16/h1-3,6-9,12,14-15H,4-5,10-11H2/b9-6+,16-12?. The average molecular weight is 210 g/mol. The van der Waals surface area contributed by atoms with Gasteiger partial charge in [-0.15, -0.1) is 0 Å². The van der Waals surface area contributed by atoms with Crippen molar-refractivity contribution in [1.82, 2.24) is 0 Å². The van der Waals surface area contributed by atoms with Crippen LogP contribution in [0.15, 0.2) is 48.1 Å². The van der Waals surface area contributed by atoms with Crippen molar-refractivity contribution in [3.63, 3.8) is 0 Å². The Morgan fingerprint density at radius 3 is 2.31 bits per heavy atom. The van der Waals surface area contributed by atoms with Crippen LogP contribution in [0.5, 0.6) is 0 Å². The Morgan fingerprint density at radius 1 is 0.938 bits per heavy atom. The van der Waals surface area contributed by atoms with Crippen molar-refractivity contribution < 1.29 is 0 Å². The lowest BCUT2D eigenvalue weighted by molar-refractivity contribution is 0.480. The Bertz CT molecular complexity index is 397. The zero-order valence-corrected chi connectivity index (χ0v) is 9.60. The zero-order valence-electron chi connectivity index (χ0n) is 9.60. The predicted molar refractivity (Wildman–Crippen MR) is 69.0 cm³/mol. The van der Waals surface area contributed by atoms with Gasteiger partial charge in [0.1, 0.15) is 0 Å². The first-order valence-corrected chi connectivity index (χ1v) is 6.38. The van der Waals surface area contributed by atoms with Crippen LogP contribution in [0.4, 0.5) is 0 Å². The van der Waals surface area contributed by atoms with Crippen LogP contribution in [0.2, 0.25) is 0 Å². The molecular formula is C16H18. The SMILES string of the molecule is C(/C=C/c1ccccc1)=C1C2CCCCC12. The lowest BCUT2D eigenvalue weighted by atomic mass is 10.0. The topological polar surface area (TPSA) is 0 Å². The molecule has 1 aromatic carbocycles. The van der Waals surface area contributed by atoms with Gasteiger partial charge in [-0.2, -0.15) is 0 Å². The third kappa shape index (κ3) is 1.97. The Balaban J connectivity index is 1.65. The molecule has 0 saturated heterocycles. The van der Waals surface area contributed by atoms with E-state index in [1.54, 1.807) is 5.57 Å². The summed E-state index contributed by atoms with van der Waals surface area (Å²) in [6, 6.07) is 10.5. The minimum atomic E-state index is 0.953. The normalized spacial score (nSPS) is 27.9. The molecule has 2 aliphatic rings. The molecule has 2 aliphatic carbocycles. The Hall–Kier alpha value is -1.30. The predicted octanol–water partition coefficient (Wildman–Crippen LogP) is 4.45. The van der Waals surface area contributed by atoms with E-state index in [1.165, 1.54) is 31.2 Å². The molecule has 0 spiro atoms. The molecule has 2 saturated carbocycles. The average Bonchev–Trinajstić information content (AvgIpc) is 3.05. The maximum Gasteiger partial charge on any atom is -0.0131 e.